The lowest BCUT2D eigenvalue weighted by molar-refractivity contribution is -0.144. The number of ether oxygens (including phenoxy) is 1. The quantitative estimate of drug-likeness (QED) is 0.864. The Kier molecular flexibility index (Phi) is 4.99. The highest BCUT2D eigenvalue weighted by Crippen LogP contribution is 2.26. The first-order chi connectivity index (χ1) is 9.45. The number of rotatable bonds is 3. The topological polar surface area (TPSA) is 75.6 Å². The number of benzene rings is 1. The van der Waals surface area contributed by atoms with Gasteiger partial charge in [-0.25, -0.2) is 14.0 Å². The molecular formula is C14H17BrFNO4. The van der Waals surface area contributed by atoms with Gasteiger partial charge in [-0.2, -0.15) is 0 Å². The monoisotopic (exact) mass is 361 g/mol. The lowest BCUT2D eigenvalue weighted by Crippen LogP contribution is -2.51. The average molecular weight is 362 g/mol. The molecule has 0 aromatic heterocycles. The second-order valence-corrected chi connectivity index (χ2v) is 6.54. The Hall–Kier alpha value is -1.63. The minimum Gasteiger partial charge on any atom is -0.479 e. The van der Waals surface area contributed by atoms with Gasteiger partial charge in [0, 0.05) is 0 Å². The lowest BCUT2D eigenvalue weighted by atomic mass is 9.92. The van der Waals surface area contributed by atoms with Gasteiger partial charge in [-0.05, 0) is 61.3 Å². The largest absolute Gasteiger partial charge is 0.479 e. The maximum Gasteiger partial charge on any atom is 0.408 e. The Bertz CT molecular complexity index is 571. The Morgan fingerprint density at radius 3 is 2.29 bits per heavy atom. The van der Waals surface area contributed by atoms with Gasteiger partial charge in [0.2, 0.25) is 0 Å². The van der Waals surface area contributed by atoms with E-state index in [-0.39, 0.29) is 10.0 Å². The zero-order chi connectivity index (χ0) is 16.4. The summed E-state index contributed by atoms with van der Waals surface area (Å²) in [7, 11) is 0. The van der Waals surface area contributed by atoms with Crippen LogP contribution in [0.5, 0.6) is 0 Å². The summed E-state index contributed by atoms with van der Waals surface area (Å²) in [6.07, 6.45) is -0.868. The van der Waals surface area contributed by atoms with E-state index in [0.717, 1.165) is 6.07 Å². The van der Waals surface area contributed by atoms with Crippen LogP contribution >= 0.6 is 15.9 Å². The minimum absolute atomic E-state index is 0.110. The van der Waals surface area contributed by atoms with Crippen LogP contribution in [-0.4, -0.2) is 22.8 Å². The van der Waals surface area contributed by atoms with Crippen LogP contribution in [0.2, 0.25) is 0 Å². The van der Waals surface area contributed by atoms with Gasteiger partial charge in [-0.15, -0.1) is 0 Å². The van der Waals surface area contributed by atoms with E-state index in [0.29, 0.717) is 0 Å². The highest BCUT2D eigenvalue weighted by atomic mass is 79.9. The van der Waals surface area contributed by atoms with E-state index in [1.165, 1.54) is 19.1 Å². The summed E-state index contributed by atoms with van der Waals surface area (Å²) in [5, 5.41) is 11.7. The molecule has 0 aliphatic rings. The number of alkyl carbamates (subject to hydrolysis) is 1. The molecule has 2 N–H and O–H groups in total. The van der Waals surface area contributed by atoms with Crippen LogP contribution in [0.1, 0.15) is 33.3 Å². The van der Waals surface area contributed by atoms with Gasteiger partial charge in [-0.1, -0.05) is 6.07 Å². The maximum atomic E-state index is 13.3. The molecule has 1 rings (SSSR count). The third kappa shape index (κ3) is 4.42. The van der Waals surface area contributed by atoms with Gasteiger partial charge in [-0.3, -0.25) is 0 Å². The molecule has 0 aliphatic heterocycles. The van der Waals surface area contributed by atoms with Gasteiger partial charge in [0.1, 0.15) is 11.4 Å². The molecule has 0 fully saturated rings. The number of nitrogens with one attached hydrogen (secondary N) is 1. The highest BCUT2D eigenvalue weighted by Gasteiger charge is 2.38. The average Bonchev–Trinajstić information content (AvgIpc) is 2.29. The molecule has 5 nitrogen and oxygen atoms in total. The predicted octanol–water partition coefficient (Wildman–Crippen LogP) is 3.41. The molecule has 7 heteroatoms. The molecule has 1 aromatic rings. The third-order valence-electron chi connectivity index (χ3n) is 2.68. The highest BCUT2D eigenvalue weighted by molar-refractivity contribution is 9.10. The van der Waals surface area contributed by atoms with Crippen molar-refractivity contribution < 1.29 is 23.8 Å². The van der Waals surface area contributed by atoms with E-state index in [2.05, 4.69) is 21.2 Å². The summed E-state index contributed by atoms with van der Waals surface area (Å²) in [6, 6.07) is 3.73. The molecule has 1 atom stereocenters. The van der Waals surface area contributed by atoms with Gasteiger partial charge < -0.3 is 15.2 Å². The molecule has 21 heavy (non-hydrogen) atoms. The number of carbonyl (C=O) groups is 2. The van der Waals surface area contributed by atoms with Crippen molar-refractivity contribution in [3.8, 4) is 0 Å². The molecular weight excluding hydrogens is 345 g/mol. The number of hydrogen-bond donors (Lipinski definition) is 2. The summed E-state index contributed by atoms with van der Waals surface area (Å²) in [6.45, 7) is 6.30. The van der Waals surface area contributed by atoms with E-state index in [4.69, 9.17) is 4.74 Å². The van der Waals surface area contributed by atoms with Crippen LogP contribution in [-0.2, 0) is 15.1 Å². The molecule has 0 heterocycles. The smallest absolute Gasteiger partial charge is 0.408 e. The van der Waals surface area contributed by atoms with E-state index < -0.39 is 29.0 Å². The summed E-state index contributed by atoms with van der Waals surface area (Å²) in [5.41, 5.74) is -2.28. The summed E-state index contributed by atoms with van der Waals surface area (Å²) in [4.78, 5) is 23.4. The van der Waals surface area contributed by atoms with Gasteiger partial charge >= 0.3 is 12.1 Å². The Morgan fingerprint density at radius 2 is 1.86 bits per heavy atom. The molecule has 1 aromatic carbocycles. The fourth-order valence-electron chi connectivity index (χ4n) is 1.56. The first-order valence-corrected chi connectivity index (χ1v) is 6.95. The molecule has 0 saturated heterocycles. The van der Waals surface area contributed by atoms with Crippen molar-refractivity contribution in [1.29, 1.82) is 0 Å². The number of hydrogen-bond acceptors (Lipinski definition) is 3. The number of carboxylic acids is 1. The molecule has 0 radical (unpaired) electrons. The van der Waals surface area contributed by atoms with Crippen LogP contribution in [0, 0.1) is 5.82 Å². The van der Waals surface area contributed by atoms with E-state index in [9.17, 15) is 19.1 Å². The maximum absolute atomic E-state index is 13.3. The molecule has 1 amide bonds. The van der Waals surface area contributed by atoms with Crippen molar-refractivity contribution in [3.63, 3.8) is 0 Å². The summed E-state index contributed by atoms with van der Waals surface area (Å²) in [5.74, 6) is -1.81. The summed E-state index contributed by atoms with van der Waals surface area (Å²) < 4.78 is 18.4. The van der Waals surface area contributed by atoms with Crippen molar-refractivity contribution in [1.82, 2.24) is 5.32 Å². The minimum atomic E-state index is -1.74. The van der Waals surface area contributed by atoms with Crippen molar-refractivity contribution in [2.75, 3.05) is 0 Å². The normalized spacial score (nSPS) is 14.2. The summed E-state index contributed by atoms with van der Waals surface area (Å²) >= 11 is 2.99. The first kappa shape index (κ1) is 17.4. The van der Waals surface area contributed by atoms with Crippen molar-refractivity contribution in [2.45, 2.75) is 38.8 Å². The van der Waals surface area contributed by atoms with Gasteiger partial charge in [0.25, 0.3) is 0 Å². The molecule has 0 bridgehead atoms. The van der Waals surface area contributed by atoms with Crippen molar-refractivity contribution in [2.24, 2.45) is 0 Å². The molecule has 0 spiro atoms. The fraction of sp³-hybridized carbons (Fsp3) is 0.429. The standard InChI is InChI=1S/C14H17BrFNO4/c1-13(2,3)21-12(20)17-14(4,11(18)19)8-5-6-10(16)9(15)7-8/h5-7H,1-4H3,(H,17,20)(H,18,19). The molecule has 116 valence electrons. The van der Waals surface area contributed by atoms with E-state index in [1.807, 2.05) is 0 Å². The second-order valence-electron chi connectivity index (χ2n) is 5.69. The molecule has 1 unspecified atom stereocenters. The van der Waals surface area contributed by atoms with Crippen LogP contribution < -0.4 is 5.32 Å². The van der Waals surface area contributed by atoms with E-state index >= 15 is 0 Å². The van der Waals surface area contributed by atoms with Crippen LogP contribution in [0.4, 0.5) is 9.18 Å². The lowest BCUT2D eigenvalue weighted by Gasteiger charge is -2.29. The molecule has 0 saturated carbocycles. The third-order valence-corrected chi connectivity index (χ3v) is 3.28. The number of aliphatic carboxylic acids is 1. The second kappa shape index (κ2) is 6.01. The predicted molar refractivity (Wildman–Crippen MR) is 78.5 cm³/mol. The van der Waals surface area contributed by atoms with E-state index in [1.54, 1.807) is 20.8 Å². The first-order valence-electron chi connectivity index (χ1n) is 6.16. The van der Waals surface area contributed by atoms with Crippen molar-refractivity contribution >= 4 is 28.0 Å². The van der Waals surface area contributed by atoms with Crippen LogP contribution in [0.25, 0.3) is 0 Å². The Labute approximate surface area is 130 Å². The zero-order valence-electron chi connectivity index (χ0n) is 12.2. The fourth-order valence-corrected chi connectivity index (χ4v) is 1.94. The number of carbonyl (C=O) groups excluding carboxylic acids is 1. The Morgan fingerprint density at radius 1 is 1.29 bits per heavy atom. The SMILES string of the molecule is CC(C)(C)OC(=O)NC(C)(C(=O)O)c1ccc(F)c(Br)c1. The number of halogens is 2. The van der Waals surface area contributed by atoms with Crippen molar-refractivity contribution in [3.05, 3.63) is 34.1 Å². The number of amides is 1. The zero-order valence-corrected chi connectivity index (χ0v) is 13.7. The van der Waals surface area contributed by atoms with Gasteiger partial charge in [0.05, 0.1) is 4.47 Å². The Balaban J connectivity index is 3.11. The molecule has 0 aliphatic carbocycles. The van der Waals surface area contributed by atoms with Gasteiger partial charge in [0.15, 0.2) is 5.54 Å². The van der Waals surface area contributed by atoms with Crippen LogP contribution in [0.3, 0.4) is 0 Å². The van der Waals surface area contributed by atoms with Crippen LogP contribution in [0.15, 0.2) is 22.7 Å². The number of carboxylic acid groups (broad SMARTS) is 1.